The van der Waals surface area contributed by atoms with Crippen molar-refractivity contribution < 1.29 is 22.8 Å². The molecule has 0 saturated carbocycles. The molecule has 0 spiro atoms. The zero-order valence-electron chi connectivity index (χ0n) is 24.7. The molecule has 1 aliphatic heterocycles. The van der Waals surface area contributed by atoms with Gasteiger partial charge < -0.3 is 10.2 Å². The van der Waals surface area contributed by atoms with Gasteiger partial charge in [0.15, 0.2) is 0 Å². The van der Waals surface area contributed by atoms with Crippen molar-refractivity contribution in [3.63, 3.8) is 0 Å². The Morgan fingerprint density at radius 1 is 1.13 bits per heavy atom. The van der Waals surface area contributed by atoms with Gasteiger partial charge in [0.25, 0.3) is 5.91 Å². The Morgan fingerprint density at radius 2 is 1.74 bits per heavy atom. The van der Waals surface area contributed by atoms with E-state index >= 15 is 0 Å². The molecular weight excluding hydrogens is 524 g/mol. The normalized spacial score (nSPS) is 19.3. The van der Waals surface area contributed by atoms with E-state index in [2.05, 4.69) is 41.4 Å². The first kappa shape index (κ1) is 34.4. The molecule has 0 radical (unpaired) electrons. The van der Waals surface area contributed by atoms with E-state index in [9.17, 15) is 22.8 Å². The Hall–Kier alpha value is -1.59. The lowest BCUT2D eigenvalue weighted by atomic mass is 9.84. The fourth-order valence-corrected chi connectivity index (χ4v) is 6.14. The van der Waals surface area contributed by atoms with Crippen LogP contribution in [0.4, 0.5) is 0 Å². The summed E-state index contributed by atoms with van der Waals surface area (Å²) in [6, 6.07) is -1.31. The van der Waals surface area contributed by atoms with Crippen molar-refractivity contribution in [2.45, 2.75) is 105 Å². The molecule has 0 aliphatic carbocycles. The minimum Gasteiger partial charge on any atom is -0.342 e. The minimum absolute atomic E-state index is 0.0708. The number of nitrogens with one attached hydrogen (secondary N) is 2. The molecule has 1 rings (SSSR count). The molecule has 1 fully saturated rings. The number of likely N-dealkylation sites (N-methyl/N-ethyl adjacent to an activating group) is 1. The van der Waals surface area contributed by atoms with Crippen molar-refractivity contribution >= 4 is 40.4 Å². The third-order valence-electron chi connectivity index (χ3n) is 6.99. The molecule has 9 nitrogen and oxygen atoms in total. The molecule has 3 atom stereocenters. The van der Waals surface area contributed by atoms with Gasteiger partial charge in [-0.2, -0.15) is 12.6 Å². The predicted octanol–water partition coefficient (Wildman–Crippen LogP) is 2.98. The largest absolute Gasteiger partial charge is 0.342 e. The molecule has 1 heterocycles. The van der Waals surface area contributed by atoms with E-state index in [4.69, 9.17) is 0 Å². The lowest BCUT2D eigenvalue weighted by molar-refractivity contribution is -0.142. The molecule has 1 unspecified atom stereocenters. The molecule has 3 amide bonds. The van der Waals surface area contributed by atoms with Crippen molar-refractivity contribution in [2.75, 3.05) is 25.1 Å². The van der Waals surface area contributed by atoms with Gasteiger partial charge in [-0.25, -0.2) is 13.1 Å². The number of hydrogen-bond acceptors (Lipinski definition) is 7. The number of nitrogens with zero attached hydrogens (tertiary/aromatic N) is 2. The number of thiol groups is 1. The van der Waals surface area contributed by atoms with Crippen LogP contribution in [0.2, 0.25) is 0 Å². The Balaban J connectivity index is 3.16. The quantitative estimate of drug-likeness (QED) is 0.244. The zero-order valence-corrected chi connectivity index (χ0v) is 26.4. The van der Waals surface area contributed by atoms with Crippen LogP contribution in [0, 0.1) is 11.3 Å². The van der Waals surface area contributed by atoms with Gasteiger partial charge in [-0.1, -0.05) is 47.1 Å². The molecule has 0 aromatic rings. The molecule has 38 heavy (non-hydrogen) atoms. The summed E-state index contributed by atoms with van der Waals surface area (Å²) in [5.74, 6) is -0.987. The molecule has 0 aromatic carbocycles. The summed E-state index contributed by atoms with van der Waals surface area (Å²) in [6.07, 6.45) is 4.73. The summed E-state index contributed by atoms with van der Waals surface area (Å²) >= 11 is 4.02. The number of hydrogen-bond donors (Lipinski definition) is 3. The Kier molecular flexibility index (Phi) is 13.3. The van der Waals surface area contributed by atoms with Gasteiger partial charge in [0.05, 0.1) is 17.8 Å². The summed E-state index contributed by atoms with van der Waals surface area (Å²) in [6.45, 7) is 16.1. The second-order valence-electron chi connectivity index (χ2n) is 12.0. The monoisotopic (exact) mass is 574 g/mol. The van der Waals surface area contributed by atoms with Gasteiger partial charge in [-0.3, -0.25) is 19.3 Å². The van der Waals surface area contributed by atoms with Crippen LogP contribution in [0.3, 0.4) is 0 Å². The summed E-state index contributed by atoms with van der Waals surface area (Å²) in [5.41, 5.74) is -0.360. The van der Waals surface area contributed by atoms with Crippen LogP contribution in [0.1, 0.15) is 81.1 Å². The van der Waals surface area contributed by atoms with E-state index in [1.807, 2.05) is 34.6 Å². The highest BCUT2D eigenvalue weighted by atomic mass is 32.2. The van der Waals surface area contributed by atoms with E-state index in [-0.39, 0.29) is 41.1 Å². The smallest absolute Gasteiger partial charge is 0.260 e. The first-order valence-corrected chi connectivity index (χ1v) is 15.9. The van der Waals surface area contributed by atoms with Crippen LogP contribution >= 0.6 is 12.6 Å². The van der Waals surface area contributed by atoms with Crippen LogP contribution < -0.4 is 10.0 Å². The molecular formula is C27H50N4O5S2. The fourth-order valence-electron chi connectivity index (χ4n) is 4.70. The summed E-state index contributed by atoms with van der Waals surface area (Å²) < 4.78 is 26.4. The first-order valence-electron chi connectivity index (χ1n) is 13.6. The van der Waals surface area contributed by atoms with Crippen LogP contribution in [0.5, 0.6) is 0 Å². The van der Waals surface area contributed by atoms with E-state index in [1.54, 1.807) is 18.0 Å². The SMILES string of the molecule is C/C(=C\[C@H](C(C)C)N(C)C(=O)[C@@H](NC(=O)C1CCCCN1C(C)C)C(C)(C)C)C(=O)NS(=O)(=O)CCCS. The van der Waals surface area contributed by atoms with E-state index in [1.165, 1.54) is 6.92 Å². The van der Waals surface area contributed by atoms with Crippen molar-refractivity contribution in [2.24, 2.45) is 11.3 Å². The van der Waals surface area contributed by atoms with Gasteiger partial charge in [-0.15, -0.1) is 0 Å². The molecule has 1 aliphatic rings. The van der Waals surface area contributed by atoms with E-state index < -0.39 is 33.4 Å². The van der Waals surface area contributed by atoms with E-state index in [0.717, 1.165) is 25.8 Å². The van der Waals surface area contributed by atoms with Gasteiger partial charge in [0, 0.05) is 18.7 Å². The maximum Gasteiger partial charge on any atom is 0.260 e. The summed E-state index contributed by atoms with van der Waals surface area (Å²) in [4.78, 5) is 43.6. The minimum atomic E-state index is -3.77. The standard InChI is InChI=1S/C27H50N4O5S2/c1-18(2)22(17-20(5)24(32)29-38(35,36)16-12-15-37)30(9)26(34)23(27(6,7)8)28-25(33)21-13-10-11-14-31(21)19(3)4/h17-19,21-23,37H,10-16H2,1-9H3,(H,28,33)(H,29,32)/b20-17+/t21?,22-,23-/m1/s1. The Bertz CT molecular complexity index is 957. The second-order valence-corrected chi connectivity index (χ2v) is 14.3. The average molecular weight is 575 g/mol. The van der Waals surface area contributed by atoms with Crippen molar-refractivity contribution in [1.82, 2.24) is 19.8 Å². The summed E-state index contributed by atoms with van der Waals surface area (Å²) in [5, 5.41) is 3.06. The number of carbonyl (C=O) groups excluding carboxylic acids is 3. The third kappa shape index (κ3) is 10.2. The lowest BCUT2D eigenvalue weighted by Gasteiger charge is -2.41. The molecule has 0 aromatic heterocycles. The number of carbonyl (C=O) groups is 3. The van der Waals surface area contributed by atoms with Crippen molar-refractivity contribution in [1.29, 1.82) is 0 Å². The number of amides is 3. The number of piperidine rings is 1. The highest BCUT2D eigenvalue weighted by Gasteiger charge is 2.39. The van der Waals surface area contributed by atoms with Crippen LogP contribution in [-0.2, 0) is 24.4 Å². The third-order valence-corrected chi connectivity index (χ3v) is 8.62. The second kappa shape index (κ2) is 14.7. The van der Waals surface area contributed by atoms with Gasteiger partial charge in [0.1, 0.15) is 6.04 Å². The molecule has 2 N–H and O–H groups in total. The number of rotatable bonds is 12. The fraction of sp³-hybridized carbons (Fsp3) is 0.815. The molecule has 11 heteroatoms. The van der Waals surface area contributed by atoms with Crippen LogP contribution in [-0.4, -0.2) is 85.2 Å². The highest BCUT2D eigenvalue weighted by molar-refractivity contribution is 7.90. The summed E-state index contributed by atoms with van der Waals surface area (Å²) in [7, 11) is -2.11. The zero-order chi connectivity index (χ0) is 29.4. The van der Waals surface area contributed by atoms with Crippen molar-refractivity contribution in [3.05, 3.63) is 11.6 Å². The number of likely N-dealkylation sites (tertiary alicyclic amines) is 1. The predicted molar refractivity (Wildman–Crippen MR) is 156 cm³/mol. The van der Waals surface area contributed by atoms with Gasteiger partial charge in [-0.05, 0) is 63.7 Å². The number of sulfonamides is 1. The topological polar surface area (TPSA) is 116 Å². The maximum absolute atomic E-state index is 13.8. The van der Waals surface area contributed by atoms with Gasteiger partial charge in [0.2, 0.25) is 21.8 Å². The van der Waals surface area contributed by atoms with Crippen LogP contribution in [0.15, 0.2) is 11.6 Å². The maximum atomic E-state index is 13.8. The molecule has 1 saturated heterocycles. The molecule has 0 bridgehead atoms. The highest BCUT2D eigenvalue weighted by Crippen LogP contribution is 2.26. The van der Waals surface area contributed by atoms with Crippen LogP contribution in [0.25, 0.3) is 0 Å². The Labute approximate surface area is 236 Å². The average Bonchev–Trinajstić information content (AvgIpc) is 2.82. The first-order chi connectivity index (χ1) is 17.4. The lowest BCUT2D eigenvalue weighted by Crippen LogP contribution is -2.60. The Morgan fingerprint density at radius 3 is 2.24 bits per heavy atom. The van der Waals surface area contributed by atoms with Crippen molar-refractivity contribution in [3.8, 4) is 0 Å². The van der Waals surface area contributed by atoms with Gasteiger partial charge >= 0.3 is 0 Å². The van der Waals surface area contributed by atoms with E-state index in [0.29, 0.717) is 12.2 Å². The molecule has 220 valence electrons.